The van der Waals surface area contributed by atoms with Gasteiger partial charge in [0.2, 0.25) is 0 Å². The molecule has 4 heterocycles. The van der Waals surface area contributed by atoms with E-state index in [-0.39, 0.29) is 5.91 Å². The monoisotopic (exact) mass is 419 g/mol. The molecule has 2 aromatic heterocycles. The number of hydrogen-bond donors (Lipinski definition) is 1. The first-order valence-electron chi connectivity index (χ1n) is 10.0. The van der Waals surface area contributed by atoms with Crippen LogP contribution in [0.4, 0.5) is 5.13 Å². The topological polar surface area (TPSA) is 61.4 Å². The molecular weight excluding hydrogens is 394 g/mol. The molecule has 1 N–H and O–H groups in total. The number of carbonyl (C=O) groups is 1. The molecule has 2 fully saturated rings. The second-order valence-electron chi connectivity index (χ2n) is 7.44. The van der Waals surface area contributed by atoms with E-state index in [9.17, 15) is 4.79 Å². The Morgan fingerprint density at radius 3 is 2.71 bits per heavy atom. The fourth-order valence-corrected chi connectivity index (χ4v) is 5.09. The van der Waals surface area contributed by atoms with Gasteiger partial charge in [0.25, 0.3) is 5.91 Å². The summed E-state index contributed by atoms with van der Waals surface area (Å²) in [5.74, 6) is -0.131. The predicted octanol–water partition coefficient (Wildman–Crippen LogP) is 3.58. The molecule has 2 saturated heterocycles. The van der Waals surface area contributed by atoms with Gasteiger partial charge in [-0.3, -0.25) is 9.78 Å². The van der Waals surface area contributed by atoms with Crippen molar-refractivity contribution in [2.24, 2.45) is 0 Å². The highest BCUT2D eigenvalue weighted by Gasteiger charge is 2.27. The number of piperidine rings is 2. The Morgan fingerprint density at radius 2 is 1.96 bits per heavy atom. The predicted molar refractivity (Wildman–Crippen MR) is 113 cm³/mol. The molecular formula is C20H26ClN5OS. The zero-order valence-electron chi connectivity index (χ0n) is 15.9. The van der Waals surface area contributed by atoms with Gasteiger partial charge in [0, 0.05) is 25.3 Å². The number of halogens is 1. The Morgan fingerprint density at radius 1 is 1.18 bits per heavy atom. The van der Waals surface area contributed by atoms with Gasteiger partial charge in [0.15, 0.2) is 5.13 Å². The molecule has 0 atom stereocenters. The summed E-state index contributed by atoms with van der Waals surface area (Å²) >= 11 is 7.55. The Labute approximate surface area is 174 Å². The summed E-state index contributed by atoms with van der Waals surface area (Å²) in [5.41, 5.74) is 0.669. The minimum absolute atomic E-state index is 0.131. The van der Waals surface area contributed by atoms with Crippen LogP contribution >= 0.6 is 22.9 Å². The summed E-state index contributed by atoms with van der Waals surface area (Å²) in [6.45, 7) is 4.85. The van der Waals surface area contributed by atoms with Gasteiger partial charge < -0.3 is 15.1 Å². The Bertz CT molecular complexity index is 799. The molecule has 0 unspecified atom stereocenters. The molecule has 0 spiro atoms. The highest BCUT2D eigenvalue weighted by molar-refractivity contribution is 7.17. The minimum Gasteiger partial charge on any atom is -0.348 e. The lowest BCUT2D eigenvalue weighted by molar-refractivity contribution is 0.0954. The van der Waals surface area contributed by atoms with Crippen LogP contribution in [0.2, 0.25) is 5.02 Å². The molecule has 0 aliphatic carbocycles. The number of pyridine rings is 1. The van der Waals surface area contributed by atoms with Crippen molar-refractivity contribution in [2.45, 2.75) is 44.7 Å². The van der Waals surface area contributed by atoms with Gasteiger partial charge >= 0.3 is 0 Å². The van der Waals surface area contributed by atoms with E-state index in [1.165, 1.54) is 56.5 Å². The second kappa shape index (κ2) is 9.20. The quantitative estimate of drug-likeness (QED) is 0.802. The van der Waals surface area contributed by atoms with Crippen molar-refractivity contribution < 1.29 is 4.79 Å². The molecule has 6 nitrogen and oxygen atoms in total. The molecule has 2 aliphatic rings. The average Bonchev–Trinajstić information content (AvgIpc) is 3.24. The van der Waals surface area contributed by atoms with Crippen molar-refractivity contribution in [1.82, 2.24) is 20.2 Å². The van der Waals surface area contributed by atoms with E-state index >= 15 is 0 Å². The molecule has 8 heteroatoms. The van der Waals surface area contributed by atoms with Crippen molar-refractivity contribution in [3.63, 3.8) is 0 Å². The molecule has 0 saturated carbocycles. The lowest BCUT2D eigenvalue weighted by Gasteiger charge is -2.40. The van der Waals surface area contributed by atoms with Crippen molar-refractivity contribution in [1.29, 1.82) is 0 Å². The summed E-state index contributed by atoms with van der Waals surface area (Å²) < 4.78 is 0. The van der Waals surface area contributed by atoms with Crippen molar-refractivity contribution in [3.05, 3.63) is 40.1 Å². The van der Waals surface area contributed by atoms with Crippen molar-refractivity contribution >= 4 is 34.0 Å². The van der Waals surface area contributed by atoms with Crippen LogP contribution in [0.15, 0.2) is 24.5 Å². The van der Waals surface area contributed by atoms with Crippen LogP contribution in [0, 0.1) is 0 Å². The Hall–Kier alpha value is -1.70. The summed E-state index contributed by atoms with van der Waals surface area (Å²) in [5, 5.41) is 4.38. The maximum Gasteiger partial charge on any atom is 0.263 e. The highest BCUT2D eigenvalue weighted by Crippen LogP contribution is 2.28. The number of hydrogen-bond acceptors (Lipinski definition) is 6. The van der Waals surface area contributed by atoms with Crippen LogP contribution in [0.25, 0.3) is 0 Å². The molecule has 0 bridgehead atoms. The third-order valence-corrected chi connectivity index (χ3v) is 7.01. The molecule has 1 amide bonds. The number of aromatic nitrogens is 2. The van der Waals surface area contributed by atoms with Gasteiger partial charge in [-0.15, -0.1) is 0 Å². The van der Waals surface area contributed by atoms with Crippen molar-refractivity contribution in [2.75, 3.05) is 31.1 Å². The maximum atomic E-state index is 12.4. The second-order valence-corrected chi connectivity index (χ2v) is 8.85. The van der Waals surface area contributed by atoms with Crippen LogP contribution in [0.1, 0.15) is 47.5 Å². The number of likely N-dealkylation sites (tertiary alicyclic amines) is 1. The standard InChI is InChI=1S/C20H26ClN5OS/c21-16-5-4-8-22-17(16)13-23-19(27)18-14-24-20(28-18)26-11-6-15(7-12-26)25-9-2-1-3-10-25/h4-5,8,14-15H,1-3,6-7,9-13H2,(H,23,27). The van der Waals surface area contributed by atoms with Gasteiger partial charge in [-0.1, -0.05) is 29.4 Å². The molecule has 150 valence electrons. The number of nitrogens with zero attached hydrogens (tertiary/aromatic N) is 4. The zero-order valence-corrected chi connectivity index (χ0v) is 17.5. The summed E-state index contributed by atoms with van der Waals surface area (Å²) in [4.78, 5) is 26.8. The third-order valence-electron chi connectivity index (χ3n) is 5.61. The van der Waals surface area contributed by atoms with Gasteiger partial charge in [-0.25, -0.2) is 4.98 Å². The van der Waals surface area contributed by atoms with Crippen LogP contribution < -0.4 is 10.2 Å². The molecule has 0 radical (unpaired) electrons. The van der Waals surface area contributed by atoms with Crippen LogP contribution in [0.3, 0.4) is 0 Å². The molecule has 2 aliphatic heterocycles. The molecule has 0 aromatic carbocycles. The SMILES string of the molecule is O=C(NCc1ncccc1Cl)c1cnc(N2CCC(N3CCCCC3)CC2)s1. The average molecular weight is 420 g/mol. The molecule has 2 aromatic rings. The van der Waals surface area contributed by atoms with Crippen LogP contribution in [-0.4, -0.2) is 53.0 Å². The fraction of sp³-hybridized carbons (Fsp3) is 0.550. The maximum absolute atomic E-state index is 12.4. The summed E-state index contributed by atoms with van der Waals surface area (Å²) in [6, 6.07) is 4.26. The number of amides is 1. The third kappa shape index (κ3) is 4.64. The summed E-state index contributed by atoms with van der Waals surface area (Å²) in [7, 11) is 0. The highest BCUT2D eigenvalue weighted by atomic mass is 35.5. The number of rotatable bonds is 5. The Kier molecular flexibility index (Phi) is 6.44. The van der Waals surface area contributed by atoms with E-state index in [4.69, 9.17) is 11.6 Å². The van der Waals surface area contributed by atoms with E-state index in [2.05, 4.69) is 25.1 Å². The van der Waals surface area contributed by atoms with E-state index in [1.54, 1.807) is 24.5 Å². The van der Waals surface area contributed by atoms with Gasteiger partial charge in [-0.05, 0) is 50.9 Å². The normalized spacial score (nSPS) is 19.0. The van der Waals surface area contributed by atoms with Gasteiger partial charge in [0.1, 0.15) is 4.88 Å². The summed E-state index contributed by atoms with van der Waals surface area (Å²) in [6.07, 6.45) is 9.77. The van der Waals surface area contributed by atoms with Gasteiger partial charge in [-0.2, -0.15) is 0 Å². The smallest absolute Gasteiger partial charge is 0.263 e. The van der Waals surface area contributed by atoms with E-state index in [1.807, 2.05) is 0 Å². The van der Waals surface area contributed by atoms with Crippen LogP contribution in [0.5, 0.6) is 0 Å². The molecule has 4 rings (SSSR count). The number of anilines is 1. The fourth-order valence-electron chi connectivity index (χ4n) is 4.02. The van der Waals surface area contributed by atoms with E-state index < -0.39 is 0 Å². The number of nitrogens with one attached hydrogen (secondary N) is 1. The van der Waals surface area contributed by atoms with Gasteiger partial charge in [0.05, 0.1) is 23.5 Å². The molecule has 28 heavy (non-hydrogen) atoms. The Balaban J connectivity index is 1.29. The first kappa shape index (κ1) is 19.6. The van der Waals surface area contributed by atoms with E-state index in [0.717, 1.165) is 18.2 Å². The lowest BCUT2D eigenvalue weighted by atomic mass is 10.0. The van der Waals surface area contributed by atoms with E-state index in [0.29, 0.717) is 28.2 Å². The number of thiazole rings is 1. The number of carbonyl (C=O) groups excluding carboxylic acids is 1. The lowest BCUT2D eigenvalue weighted by Crippen LogP contribution is -2.46. The van der Waals surface area contributed by atoms with Crippen molar-refractivity contribution in [3.8, 4) is 0 Å². The first-order chi connectivity index (χ1) is 13.7. The van der Waals surface area contributed by atoms with Crippen LogP contribution in [-0.2, 0) is 6.54 Å². The first-order valence-corrected chi connectivity index (χ1v) is 11.2. The minimum atomic E-state index is -0.131. The zero-order chi connectivity index (χ0) is 19.3. The largest absolute Gasteiger partial charge is 0.348 e.